The van der Waals surface area contributed by atoms with Gasteiger partial charge in [-0.25, -0.2) is 4.79 Å². The van der Waals surface area contributed by atoms with Crippen LogP contribution in [0.15, 0.2) is 30.3 Å². The van der Waals surface area contributed by atoms with Crippen molar-refractivity contribution in [2.75, 3.05) is 6.61 Å². The molecule has 0 aliphatic carbocycles. The lowest BCUT2D eigenvalue weighted by atomic mass is 10.0. The quantitative estimate of drug-likeness (QED) is 0.329. The summed E-state index contributed by atoms with van der Waals surface area (Å²) in [5.74, 6) is 0. The van der Waals surface area contributed by atoms with Crippen molar-refractivity contribution < 1.29 is 14.3 Å². The van der Waals surface area contributed by atoms with E-state index < -0.39 is 6.16 Å². The molecule has 0 aromatic heterocycles. The van der Waals surface area contributed by atoms with Gasteiger partial charge >= 0.3 is 6.16 Å². The SMILES string of the molecule is CCCCCCCOC(=O)OC(CCCCC)c1ccccc1. The fourth-order valence-corrected chi connectivity index (χ4v) is 2.55. The fourth-order valence-electron chi connectivity index (χ4n) is 2.55. The van der Waals surface area contributed by atoms with Crippen LogP contribution in [0.3, 0.4) is 0 Å². The molecule has 23 heavy (non-hydrogen) atoms. The Hall–Kier alpha value is -1.51. The van der Waals surface area contributed by atoms with Crippen LogP contribution >= 0.6 is 0 Å². The maximum absolute atomic E-state index is 11.9. The largest absolute Gasteiger partial charge is 0.508 e. The number of carbonyl (C=O) groups is 1. The standard InChI is InChI=1S/C20H32O3/c1-3-5-7-8-13-17-22-20(21)23-19(16-10-6-4-2)18-14-11-9-12-15-18/h9,11-12,14-15,19H,3-8,10,13,16-17H2,1-2H3. The van der Waals surface area contributed by atoms with E-state index in [1.807, 2.05) is 30.3 Å². The summed E-state index contributed by atoms with van der Waals surface area (Å²) < 4.78 is 10.8. The van der Waals surface area contributed by atoms with Crippen LogP contribution in [0.25, 0.3) is 0 Å². The van der Waals surface area contributed by atoms with E-state index in [1.165, 1.54) is 19.3 Å². The molecule has 1 aromatic rings. The molecule has 3 heteroatoms. The molecule has 0 saturated heterocycles. The van der Waals surface area contributed by atoms with E-state index in [-0.39, 0.29) is 6.10 Å². The molecule has 3 nitrogen and oxygen atoms in total. The molecule has 0 aliphatic heterocycles. The van der Waals surface area contributed by atoms with Crippen LogP contribution in [-0.4, -0.2) is 12.8 Å². The minimum Gasteiger partial charge on any atom is -0.434 e. The third-order valence-electron chi connectivity index (χ3n) is 3.95. The Labute approximate surface area is 141 Å². The van der Waals surface area contributed by atoms with Gasteiger partial charge in [-0.2, -0.15) is 0 Å². The number of ether oxygens (including phenoxy) is 2. The smallest absolute Gasteiger partial charge is 0.434 e. The molecule has 0 heterocycles. The van der Waals surface area contributed by atoms with Gasteiger partial charge in [0.05, 0.1) is 6.61 Å². The predicted molar refractivity (Wildman–Crippen MR) is 94.5 cm³/mol. The minimum atomic E-state index is -0.536. The number of hydrogen-bond acceptors (Lipinski definition) is 3. The van der Waals surface area contributed by atoms with E-state index in [2.05, 4.69) is 13.8 Å². The zero-order chi connectivity index (χ0) is 16.8. The van der Waals surface area contributed by atoms with Gasteiger partial charge in [-0.3, -0.25) is 0 Å². The molecule has 0 spiro atoms. The highest BCUT2D eigenvalue weighted by molar-refractivity contribution is 5.60. The van der Waals surface area contributed by atoms with Gasteiger partial charge in [0, 0.05) is 0 Å². The van der Waals surface area contributed by atoms with Crippen molar-refractivity contribution in [2.24, 2.45) is 0 Å². The lowest BCUT2D eigenvalue weighted by Crippen LogP contribution is -2.14. The van der Waals surface area contributed by atoms with E-state index in [4.69, 9.17) is 9.47 Å². The molecule has 0 aliphatic rings. The molecule has 0 saturated carbocycles. The third-order valence-corrected chi connectivity index (χ3v) is 3.95. The number of unbranched alkanes of at least 4 members (excludes halogenated alkanes) is 6. The maximum Gasteiger partial charge on any atom is 0.508 e. The topological polar surface area (TPSA) is 35.5 Å². The first-order valence-corrected chi connectivity index (χ1v) is 9.16. The van der Waals surface area contributed by atoms with Gasteiger partial charge < -0.3 is 9.47 Å². The van der Waals surface area contributed by atoms with Crippen LogP contribution in [0.5, 0.6) is 0 Å². The van der Waals surface area contributed by atoms with Gasteiger partial charge in [0.25, 0.3) is 0 Å². The van der Waals surface area contributed by atoms with Crippen LogP contribution < -0.4 is 0 Å². The zero-order valence-corrected chi connectivity index (χ0v) is 14.8. The molecule has 1 aromatic carbocycles. The number of benzene rings is 1. The number of rotatable bonds is 12. The third kappa shape index (κ3) is 9.27. The van der Waals surface area contributed by atoms with E-state index in [9.17, 15) is 4.79 Å². The van der Waals surface area contributed by atoms with Crippen LogP contribution in [-0.2, 0) is 9.47 Å². The Balaban J connectivity index is 2.35. The first-order valence-electron chi connectivity index (χ1n) is 9.16. The summed E-state index contributed by atoms with van der Waals surface area (Å²) in [5, 5.41) is 0. The van der Waals surface area contributed by atoms with Crippen molar-refractivity contribution in [3.8, 4) is 0 Å². The molecule has 1 unspecified atom stereocenters. The molecule has 0 bridgehead atoms. The second-order valence-electron chi connectivity index (χ2n) is 6.03. The highest BCUT2D eigenvalue weighted by Crippen LogP contribution is 2.24. The lowest BCUT2D eigenvalue weighted by Gasteiger charge is -2.18. The summed E-state index contributed by atoms with van der Waals surface area (Å²) >= 11 is 0. The second-order valence-corrected chi connectivity index (χ2v) is 6.03. The summed E-state index contributed by atoms with van der Waals surface area (Å²) in [6.45, 7) is 4.82. The van der Waals surface area contributed by atoms with Gasteiger partial charge in [-0.1, -0.05) is 82.7 Å². The van der Waals surface area contributed by atoms with Gasteiger partial charge in [0.1, 0.15) is 6.10 Å². The molecule has 0 amide bonds. The highest BCUT2D eigenvalue weighted by atomic mass is 16.7. The van der Waals surface area contributed by atoms with E-state index in [0.717, 1.165) is 44.1 Å². The normalized spacial score (nSPS) is 11.9. The summed E-state index contributed by atoms with van der Waals surface area (Å²) in [5.41, 5.74) is 1.04. The average molecular weight is 320 g/mol. The minimum absolute atomic E-state index is 0.199. The van der Waals surface area contributed by atoms with Gasteiger partial charge in [0.15, 0.2) is 0 Å². The van der Waals surface area contributed by atoms with Gasteiger partial charge in [-0.05, 0) is 24.8 Å². The molecular formula is C20H32O3. The summed E-state index contributed by atoms with van der Waals surface area (Å²) in [4.78, 5) is 11.9. The molecule has 1 rings (SSSR count). The summed E-state index contributed by atoms with van der Waals surface area (Å²) in [7, 11) is 0. The number of carbonyl (C=O) groups excluding carboxylic acids is 1. The second kappa shape index (κ2) is 13.0. The van der Waals surface area contributed by atoms with Crippen molar-refractivity contribution in [1.82, 2.24) is 0 Å². The van der Waals surface area contributed by atoms with Crippen LogP contribution in [0.2, 0.25) is 0 Å². The zero-order valence-electron chi connectivity index (χ0n) is 14.8. The Morgan fingerprint density at radius 3 is 2.26 bits per heavy atom. The maximum atomic E-state index is 11.9. The molecule has 0 radical (unpaired) electrons. The van der Waals surface area contributed by atoms with Crippen molar-refractivity contribution in [2.45, 2.75) is 77.7 Å². The monoisotopic (exact) mass is 320 g/mol. The predicted octanol–water partition coefficient (Wildman–Crippen LogP) is 6.43. The fraction of sp³-hybridized carbons (Fsp3) is 0.650. The van der Waals surface area contributed by atoms with E-state index in [1.54, 1.807) is 0 Å². The first kappa shape index (κ1) is 19.5. The van der Waals surface area contributed by atoms with Crippen molar-refractivity contribution in [3.63, 3.8) is 0 Å². The average Bonchev–Trinajstić information content (AvgIpc) is 2.58. The van der Waals surface area contributed by atoms with Crippen LogP contribution in [0.4, 0.5) is 4.79 Å². The highest BCUT2D eigenvalue weighted by Gasteiger charge is 2.17. The van der Waals surface area contributed by atoms with Crippen molar-refractivity contribution in [1.29, 1.82) is 0 Å². The van der Waals surface area contributed by atoms with Crippen molar-refractivity contribution >= 4 is 6.16 Å². The molecular weight excluding hydrogens is 288 g/mol. The number of hydrogen-bond donors (Lipinski definition) is 0. The van der Waals surface area contributed by atoms with Gasteiger partial charge in [-0.15, -0.1) is 0 Å². The van der Waals surface area contributed by atoms with E-state index in [0.29, 0.717) is 6.61 Å². The Morgan fingerprint density at radius 1 is 0.913 bits per heavy atom. The van der Waals surface area contributed by atoms with Crippen LogP contribution in [0, 0.1) is 0 Å². The summed E-state index contributed by atoms with van der Waals surface area (Å²) in [6, 6.07) is 9.94. The van der Waals surface area contributed by atoms with Crippen LogP contribution in [0.1, 0.15) is 83.3 Å². The first-order chi connectivity index (χ1) is 11.3. The molecule has 0 fully saturated rings. The van der Waals surface area contributed by atoms with Crippen molar-refractivity contribution in [3.05, 3.63) is 35.9 Å². The molecule has 0 N–H and O–H groups in total. The Kier molecular flexibility index (Phi) is 11.0. The Morgan fingerprint density at radius 2 is 1.57 bits per heavy atom. The van der Waals surface area contributed by atoms with E-state index >= 15 is 0 Å². The summed E-state index contributed by atoms with van der Waals surface area (Å²) in [6.07, 6.45) is 9.18. The molecule has 1 atom stereocenters. The Bertz CT molecular complexity index is 403. The van der Waals surface area contributed by atoms with Gasteiger partial charge in [0.2, 0.25) is 0 Å². The lowest BCUT2D eigenvalue weighted by molar-refractivity contribution is 0.0182. The molecule has 130 valence electrons.